The number of esters is 1. The van der Waals surface area contributed by atoms with E-state index in [1.165, 1.54) is 30.3 Å². The van der Waals surface area contributed by atoms with E-state index < -0.39 is 261 Å². The van der Waals surface area contributed by atoms with Crippen LogP contribution in [0.15, 0.2) is 85.1 Å². The number of carboxylic acid groups (broad SMARTS) is 4. The highest BCUT2D eigenvalue weighted by molar-refractivity contribution is 6.06. The normalized spacial score (nSPS) is 20.9. The molecule has 1 aliphatic heterocycles. The SMILES string of the molecule is CCCCCc1ccc(/C(C)=C/C(=O)N[C@H](Cc2c[nH]c3ccccc23)C(=O)N[C@H](CC(N)=O)C(=O)N[C@@H](CC(=O)O)C(=O)N[C@@H]2C(=O)NCC(=O)N[C@@H](CCCN)C(=O)N[C@@H](CC(=O)O)C(=O)N[C@H](C)C(=O)N[C@@H](CC(=O)O)C(=O)NCC(=O)N[C@H](CO)C(=O)N[C@@H]([C@H](C)CC(=O)O)C(=O)N[C@@H](CC(=O)c3ccccc3N)C(=O)O[C@@H]2C)cc1. The molecule has 43 nitrogen and oxygen atoms in total. The van der Waals surface area contributed by atoms with E-state index in [4.69, 9.17) is 21.9 Å². The van der Waals surface area contributed by atoms with Crippen molar-refractivity contribution in [2.45, 2.75) is 191 Å². The summed E-state index contributed by atoms with van der Waals surface area (Å²) in [4.78, 5) is 278. The molecule has 0 unspecified atom stereocenters. The summed E-state index contributed by atoms with van der Waals surface area (Å²) in [5.74, 6) is -30.2. The van der Waals surface area contributed by atoms with Crippen molar-refractivity contribution < 1.29 is 126 Å². The van der Waals surface area contributed by atoms with E-state index in [9.17, 15) is 121 Å². The number of primary amides is 1. The van der Waals surface area contributed by atoms with Crippen molar-refractivity contribution in [2.75, 3.05) is 32.0 Å². The summed E-state index contributed by atoms with van der Waals surface area (Å²) in [6.45, 7) is 2.75. The highest BCUT2D eigenvalue weighted by Crippen LogP contribution is 2.22. The van der Waals surface area contributed by atoms with Crippen molar-refractivity contribution >= 4 is 140 Å². The third-order valence-corrected chi connectivity index (χ3v) is 18.7. The molecule has 13 atom stereocenters. The number of aromatic nitrogens is 1. The molecular formula is C77H101N17O26. The molecule has 3 aromatic carbocycles. The number of nitrogens with one attached hydrogen (secondary N) is 14. The molecule has 650 valence electrons. The summed E-state index contributed by atoms with van der Waals surface area (Å²) < 4.78 is 5.69. The Kier molecular flexibility index (Phi) is 38.3. The second kappa shape index (κ2) is 47.5. The molecule has 120 heavy (non-hydrogen) atoms. The monoisotopic (exact) mass is 1680 g/mol. The van der Waals surface area contributed by atoms with Crippen LogP contribution in [0.4, 0.5) is 5.69 Å². The Morgan fingerprint density at radius 2 is 1.13 bits per heavy atom. The zero-order valence-electron chi connectivity index (χ0n) is 66.2. The molecule has 1 fully saturated rings. The molecule has 1 aliphatic rings. The maximum Gasteiger partial charge on any atom is 0.329 e. The van der Waals surface area contributed by atoms with Crippen molar-refractivity contribution in [3.05, 3.63) is 107 Å². The van der Waals surface area contributed by atoms with Gasteiger partial charge >= 0.3 is 29.8 Å². The van der Waals surface area contributed by atoms with Gasteiger partial charge in [-0.1, -0.05) is 81.3 Å². The molecule has 14 amide bonds. The molecule has 0 spiro atoms. The van der Waals surface area contributed by atoms with Gasteiger partial charge in [-0.3, -0.25) is 91.1 Å². The lowest BCUT2D eigenvalue weighted by Gasteiger charge is -2.30. The number of para-hydroxylation sites is 2. The summed E-state index contributed by atoms with van der Waals surface area (Å²) in [6, 6.07) is -3.37. The Hall–Kier alpha value is -13.7. The van der Waals surface area contributed by atoms with Gasteiger partial charge in [0.15, 0.2) is 5.78 Å². The van der Waals surface area contributed by atoms with Gasteiger partial charge in [0.25, 0.3) is 0 Å². The van der Waals surface area contributed by atoms with Crippen LogP contribution in [0.5, 0.6) is 0 Å². The molecule has 2 heterocycles. The van der Waals surface area contributed by atoms with Gasteiger partial charge in [-0.15, -0.1) is 0 Å². The van der Waals surface area contributed by atoms with E-state index in [0.29, 0.717) is 27.6 Å². The number of anilines is 1. The number of carbonyl (C=O) groups is 20. The number of aliphatic hydroxyl groups excluding tert-OH is 1. The van der Waals surface area contributed by atoms with Crippen LogP contribution in [0.3, 0.4) is 0 Å². The third kappa shape index (κ3) is 31.4. The molecule has 1 aromatic heterocycles. The fourth-order valence-electron chi connectivity index (χ4n) is 12.2. The number of nitrogens with two attached hydrogens (primary N) is 3. The second-order valence-electron chi connectivity index (χ2n) is 28.3. The van der Waals surface area contributed by atoms with Crippen LogP contribution in [0.2, 0.25) is 0 Å². The van der Waals surface area contributed by atoms with Crippen LogP contribution in [0.25, 0.3) is 16.5 Å². The van der Waals surface area contributed by atoms with Crippen molar-refractivity contribution in [2.24, 2.45) is 17.4 Å². The first-order valence-electron chi connectivity index (χ1n) is 38.0. The van der Waals surface area contributed by atoms with Crippen LogP contribution < -0.4 is 86.3 Å². The van der Waals surface area contributed by atoms with Gasteiger partial charge in [0.1, 0.15) is 72.6 Å². The lowest BCUT2D eigenvalue weighted by Crippen LogP contribution is -2.62. The number of rotatable bonds is 33. The fourth-order valence-corrected chi connectivity index (χ4v) is 12.2. The van der Waals surface area contributed by atoms with Gasteiger partial charge in [-0.2, -0.15) is 0 Å². The van der Waals surface area contributed by atoms with Crippen molar-refractivity contribution in [3.8, 4) is 0 Å². The van der Waals surface area contributed by atoms with Gasteiger partial charge in [-0.05, 0) is 99.4 Å². The average molecular weight is 1680 g/mol. The number of carboxylic acids is 4. The number of H-pyrrole nitrogens is 1. The lowest BCUT2D eigenvalue weighted by molar-refractivity contribution is -0.156. The molecule has 4 aromatic rings. The van der Waals surface area contributed by atoms with E-state index in [2.05, 4.69) is 65.1 Å². The van der Waals surface area contributed by atoms with Gasteiger partial charge in [-0.25, -0.2) is 4.79 Å². The number of ketones is 1. The molecule has 43 heteroatoms. The standard InChI is InChI=1S/C77H101N17O26/c1-6-7-8-14-41-20-22-42(23-21-41)37(2)25-58(98)86-49(27-43-33-81-47-18-12-10-15-44(43)47)71(113)89-50(29-57(80)97)72(114)91-53(32-64(107)108)73(115)94-66-40(5)120-77(119)54(28-56(96)45-16-9-11-17-46(45)79)92-76(118)65(38(3)26-61(101)102)93-74(116)55(36-95)87-60(100)34-82-68(110)51(30-62(103)104)88-67(109)39(4)84-70(112)52(31-63(105)106)90-69(111)48(19-13-24-78)85-59(99)35-83-75(66)117/h9-12,15-18,20-23,25,33,38-40,48-55,65-66,81,95H,6-8,13-14,19,24,26-32,34-36,78-79H2,1-5H3,(H2,80,97)(H,82,110)(H,83,117)(H,84,112)(H,85,99)(H,86,98)(H,87,100)(H,88,109)(H,89,113)(H,90,111)(H,91,114)(H,92,118)(H,93,116)(H,94,115)(H,101,102)(H,103,104)(H,105,106)(H,107,108)/b37-25+/t38-,39-,40-,48+,49-,50-,51+,52+,53+,54+,55-,65+,66+/m1/s1. The van der Waals surface area contributed by atoms with E-state index in [1.807, 2.05) is 40.2 Å². The first-order chi connectivity index (χ1) is 56.7. The number of aryl methyl sites for hydroxylation is 1. The molecular weight excluding hydrogens is 1580 g/mol. The number of amides is 14. The molecule has 5 rings (SSSR count). The zero-order chi connectivity index (χ0) is 89.2. The number of hydrogen-bond donors (Lipinski definition) is 22. The molecule has 1 saturated heterocycles. The summed E-state index contributed by atoms with van der Waals surface area (Å²) in [7, 11) is 0. The minimum Gasteiger partial charge on any atom is -0.481 e. The number of benzene rings is 3. The number of unbranched alkanes of at least 4 members (excludes halogenated alkanes) is 2. The number of cyclic esters (lactones) is 1. The van der Waals surface area contributed by atoms with E-state index in [0.717, 1.165) is 52.0 Å². The maximum absolute atomic E-state index is 14.9. The Morgan fingerprint density at radius 3 is 1.73 bits per heavy atom. The number of aromatic amines is 1. The van der Waals surface area contributed by atoms with Crippen LogP contribution in [-0.4, -0.2) is 248 Å². The largest absolute Gasteiger partial charge is 0.481 e. The van der Waals surface area contributed by atoms with Gasteiger partial charge < -0.3 is 122 Å². The number of allylic oxidation sites excluding steroid dienone is 1. The van der Waals surface area contributed by atoms with Gasteiger partial charge in [0, 0.05) is 47.3 Å². The number of hydrogen-bond acceptors (Lipinski definition) is 24. The minimum atomic E-state index is -2.47. The zero-order valence-corrected chi connectivity index (χ0v) is 66.2. The second-order valence-corrected chi connectivity index (χ2v) is 28.3. The number of ether oxygens (including phenoxy) is 1. The number of fused-ring (bicyclic) bond motifs is 1. The molecule has 0 saturated carbocycles. The first-order valence-corrected chi connectivity index (χ1v) is 38.0. The molecule has 0 aliphatic carbocycles. The molecule has 0 radical (unpaired) electrons. The predicted molar refractivity (Wildman–Crippen MR) is 421 cm³/mol. The highest BCUT2D eigenvalue weighted by atomic mass is 16.5. The van der Waals surface area contributed by atoms with Crippen molar-refractivity contribution in [1.29, 1.82) is 0 Å². The number of nitrogen functional groups attached to an aromatic ring is 1. The van der Waals surface area contributed by atoms with Crippen LogP contribution >= 0.6 is 0 Å². The Labute approximate surface area is 685 Å². The fraction of sp³-hybridized carbons (Fsp3) is 0.455. The third-order valence-electron chi connectivity index (χ3n) is 18.7. The van der Waals surface area contributed by atoms with Gasteiger partial charge in [0.05, 0.1) is 51.8 Å². The smallest absolute Gasteiger partial charge is 0.329 e. The summed E-state index contributed by atoms with van der Waals surface area (Å²) >= 11 is 0. The highest BCUT2D eigenvalue weighted by Gasteiger charge is 2.41. The van der Waals surface area contributed by atoms with Crippen molar-refractivity contribution in [1.82, 2.24) is 74.1 Å². The van der Waals surface area contributed by atoms with Crippen LogP contribution in [0, 0.1) is 5.92 Å². The van der Waals surface area contributed by atoms with E-state index in [1.54, 1.807) is 37.4 Å². The number of aliphatic hydroxyl groups is 1. The number of aliphatic carboxylic acids is 4. The maximum atomic E-state index is 14.9. The van der Waals surface area contributed by atoms with E-state index in [-0.39, 0.29) is 30.6 Å². The quantitative estimate of drug-likeness (QED) is 0.00699. The van der Waals surface area contributed by atoms with Crippen molar-refractivity contribution in [3.63, 3.8) is 0 Å². The number of carbonyl (C=O) groups excluding carboxylic acids is 16. The topological polar surface area (TPSA) is 702 Å². The van der Waals surface area contributed by atoms with Crippen LogP contribution in [0.1, 0.15) is 132 Å². The van der Waals surface area contributed by atoms with Crippen LogP contribution in [-0.2, 0) is 109 Å². The average Bonchev–Trinajstić information content (AvgIpc) is 1.76. The molecule has 25 N–H and O–H groups in total. The Bertz CT molecular complexity index is 4490. The number of Topliss-reactive ketones (excluding diaryl/α,β-unsaturated/α-hetero) is 1. The summed E-state index contributed by atoms with van der Waals surface area (Å²) in [6.07, 6.45) is -3.41. The van der Waals surface area contributed by atoms with Gasteiger partial charge in [0.2, 0.25) is 82.7 Å². The summed E-state index contributed by atoms with van der Waals surface area (Å²) in [5, 5.41) is 78.7. The lowest BCUT2D eigenvalue weighted by atomic mass is 9.96. The Balaban J connectivity index is 1.61. The first kappa shape index (κ1) is 96.8. The van der Waals surface area contributed by atoms with E-state index >= 15 is 0 Å². The minimum absolute atomic E-state index is 0.0998. The summed E-state index contributed by atoms with van der Waals surface area (Å²) in [5.41, 5.74) is 20.3. The predicted octanol–water partition coefficient (Wildman–Crippen LogP) is -4.93. The Morgan fingerprint density at radius 1 is 0.575 bits per heavy atom. The molecule has 0 bridgehead atoms.